The van der Waals surface area contributed by atoms with Gasteiger partial charge in [0, 0.05) is 5.56 Å². The lowest BCUT2D eigenvalue weighted by molar-refractivity contribution is 0.477. The highest BCUT2D eigenvalue weighted by Crippen LogP contribution is 2.24. The van der Waals surface area contributed by atoms with E-state index in [-0.39, 0.29) is 16.3 Å². The molecule has 5 N–H and O–H groups in total. The van der Waals surface area contributed by atoms with Crippen molar-refractivity contribution in [3.05, 3.63) is 30.0 Å². The van der Waals surface area contributed by atoms with Crippen LogP contribution in [0.25, 0.3) is 0 Å². The number of hydrogen-bond donors (Lipinski definition) is 4. The van der Waals surface area contributed by atoms with Gasteiger partial charge in [-0.05, 0) is 25.1 Å². The average Bonchev–Trinajstić information content (AvgIpc) is 2.67. The van der Waals surface area contributed by atoms with Crippen molar-refractivity contribution in [2.45, 2.75) is 11.8 Å². The largest absolute Gasteiger partial charge is 0.506 e. The molecule has 1 aromatic heterocycles. The minimum Gasteiger partial charge on any atom is -0.506 e. The fourth-order valence-electron chi connectivity index (χ4n) is 1.34. The molecule has 2 aromatic rings. The van der Waals surface area contributed by atoms with E-state index in [2.05, 4.69) is 14.9 Å². The summed E-state index contributed by atoms with van der Waals surface area (Å²) in [6, 6.07) is 3.67. The number of rotatable bonds is 3. The lowest BCUT2D eigenvalue weighted by Gasteiger charge is -2.08. The summed E-state index contributed by atoms with van der Waals surface area (Å²) in [5, 5.41) is 15.5. The second-order valence-corrected chi connectivity index (χ2v) is 5.44. The maximum absolute atomic E-state index is 12.0. The third-order valence-corrected chi connectivity index (χ3v) is 3.72. The van der Waals surface area contributed by atoms with Gasteiger partial charge >= 0.3 is 0 Å². The van der Waals surface area contributed by atoms with E-state index < -0.39 is 10.0 Å². The van der Waals surface area contributed by atoms with Gasteiger partial charge in [-0.3, -0.25) is 9.82 Å². The van der Waals surface area contributed by atoms with Crippen LogP contribution >= 0.6 is 0 Å². The molecule has 0 aliphatic heterocycles. The number of H-pyrrole nitrogens is 1. The molecular weight excluding hydrogens is 256 g/mol. The quantitative estimate of drug-likeness (QED) is 0.484. The zero-order chi connectivity index (χ0) is 13.3. The van der Waals surface area contributed by atoms with Crippen molar-refractivity contribution in [2.24, 2.45) is 0 Å². The van der Waals surface area contributed by atoms with Crippen molar-refractivity contribution < 1.29 is 13.5 Å². The Bertz CT molecular complexity index is 678. The van der Waals surface area contributed by atoms with Crippen molar-refractivity contribution in [1.82, 2.24) is 10.2 Å². The Kier molecular flexibility index (Phi) is 2.87. The summed E-state index contributed by atoms with van der Waals surface area (Å²) in [7, 11) is -3.76. The van der Waals surface area contributed by atoms with Gasteiger partial charge in [0.05, 0.1) is 16.8 Å². The third-order valence-electron chi connectivity index (χ3n) is 2.37. The number of phenolic OH excluding ortho intramolecular Hbond substituents is 1. The van der Waals surface area contributed by atoms with Gasteiger partial charge < -0.3 is 10.8 Å². The Morgan fingerprint density at radius 1 is 1.44 bits per heavy atom. The van der Waals surface area contributed by atoms with E-state index >= 15 is 0 Å². The van der Waals surface area contributed by atoms with E-state index in [4.69, 9.17) is 5.73 Å². The number of aryl methyl sites for hydroxylation is 1. The predicted molar refractivity (Wildman–Crippen MR) is 66.7 cm³/mol. The third kappa shape index (κ3) is 2.23. The SMILES string of the molecule is Cc1cn[nH]c1NS(=O)(=O)c1ccc(O)c(N)c1. The molecule has 0 aliphatic carbocycles. The number of nitrogens with zero attached hydrogens (tertiary/aromatic N) is 1. The molecule has 0 saturated carbocycles. The molecule has 18 heavy (non-hydrogen) atoms. The van der Waals surface area contributed by atoms with Gasteiger partial charge in [0.2, 0.25) is 0 Å². The van der Waals surface area contributed by atoms with E-state index in [1.807, 2.05) is 0 Å². The lowest BCUT2D eigenvalue weighted by atomic mass is 10.3. The van der Waals surface area contributed by atoms with Crippen LogP contribution in [0.2, 0.25) is 0 Å². The van der Waals surface area contributed by atoms with Crippen LogP contribution in [0.3, 0.4) is 0 Å². The molecule has 1 aromatic carbocycles. The smallest absolute Gasteiger partial charge is 0.263 e. The van der Waals surface area contributed by atoms with Gasteiger partial charge in [-0.15, -0.1) is 0 Å². The molecule has 0 amide bonds. The zero-order valence-electron chi connectivity index (χ0n) is 9.51. The topological polar surface area (TPSA) is 121 Å². The van der Waals surface area contributed by atoms with E-state index in [0.717, 1.165) is 0 Å². The number of hydrogen-bond acceptors (Lipinski definition) is 5. The number of aromatic amines is 1. The first-order valence-electron chi connectivity index (χ1n) is 5.01. The summed E-state index contributed by atoms with van der Waals surface area (Å²) < 4.78 is 26.4. The lowest BCUT2D eigenvalue weighted by Crippen LogP contribution is -2.14. The minimum absolute atomic E-state index is 0.000734. The first kappa shape index (κ1) is 12.2. The highest BCUT2D eigenvalue weighted by molar-refractivity contribution is 7.92. The van der Waals surface area contributed by atoms with E-state index in [1.165, 1.54) is 24.4 Å². The van der Waals surface area contributed by atoms with Gasteiger partial charge in [0.25, 0.3) is 10.0 Å². The second kappa shape index (κ2) is 4.22. The minimum atomic E-state index is -3.76. The Morgan fingerprint density at radius 2 is 2.17 bits per heavy atom. The molecule has 0 saturated heterocycles. The van der Waals surface area contributed by atoms with Crippen LogP contribution in [0, 0.1) is 6.92 Å². The number of phenols is 1. The summed E-state index contributed by atoms with van der Waals surface area (Å²) >= 11 is 0. The molecule has 1 heterocycles. The maximum atomic E-state index is 12.0. The van der Waals surface area contributed by atoms with Crippen LogP contribution in [0.1, 0.15) is 5.56 Å². The van der Waals surface area contributed by atoms with Crippen LogP contribution in [-0.4, -0.2) is 23.7 Å². The van der Waals surface area contributed by atoms with Crippen molar-refractivity contribution >= 4 is 21.5 Å². The number of benzene rings is 1. The molecule has 0 atom stereocenters. The second-order valence-electron chi connectivity index (χ2n) is 3.75. The van der Waals surface area contributed by atoms with Gasteiger partial charge in [0.15, 0.2) is 0 Å². The monoisotopic (exact) mass is 268 g/mol. The summed E-state index contributed by atoms with van der Waals surface area (Å²) in [4.78, 5) is -0.0354. The number of aromatic nitrogens is 2. The Hall–Kier alpha value is -2.22. The average molecular weight is 268 g/mol. The molecule has 8 heteroatoms. The summed E-state index contributed by atoms with van der Waals surface area (Å²) in [5.74, 6) is 0.133. The van der Waals surface area contributed by atoms with Crippen LogP contribution in [-0.2, 0) is 10.0 Å². The van der Waals surface area contributed by atoms with Gasteiger partial charge in [-0.2, -0.15) is 5.10 Å². The predicted octanol–water partition coefficient (Wildman–Crippen LogP) is 0.807. The Morgan fingerprint density at radius 3 is 2.72 bits per heavy atom. The molecule has 0 aliphatic rings. The molecule has 96 valence electrons. The van der Waals surface area contributed by atoms with E-state index in [0.29, 0.717) is 11.4 Å². The van der Waals surface area contributed by atoms with Crippen molar-refractivity contribution in [3.8, 4) is 5.75 Å². The number of nitrogens with two attached hydrogens (primary N) is 1. The zero-order valence-corrected chi connectivity index (χ0v) is 10.3. The standard InChI is InChI=1S/C10H12N4O3S/c1-6-5-12-13-10(6)14-18(16,17)7-2-3-9(15)8(11)4-7/h2-5,15H,11H2,1H3,(H2,12,13,14). The molecular formula is C10H12N4O3S. The van der Waals surface area contributed by atoms with Gasteiger partial charge in [-0.25, -0.2) is 8.42 Å². The summed E-state index contributed by atoms with van der Waals surface area (Å²) in [5.41, 5.74) is 6.13. The molecule has 0 bridgehead atoms. The van der Waals surface area contributed by atoms with E-state index in [9.17, 15) is 13.5 Å². The fraction of sp³-hybridized carbons (Fsp3) is 0.100. The normalized spacial score (nSPS) is 11.4. The van der Waals surface area contributed by atoms with Crippen LogP contribution in [0.4, 0.5) is 11.5 Å². The summed E-state index contributed by atoms with van der Waals surface area (Å²) in [6.45, 7) is 1.71. The first-order valence-corrected chi connectivity index (χ1v) is 6.50. The number of nitrogen functional groups attached to an aromatic ring is 1. The Labute approximate surface area is 104 Å². The number of anilines is 2. The van der Waals surface area contributed by atoms with Crippen molar-refractivity contribution in [3.63, 3.8) is 0 Å². The number of sulfonamides is 1. The van der Waals surface area contributed by atoms with Gasteiger partial charge in [0.1, 0.15) is 11.6 Å². The highest BCUT2D eigenvalue weighted by Gasteiger charge is 2.17. The van der Waals surface area contributed by atoms with Crippen LogP contribution in [0.5, 0.6) is 5.75 Å². The highest BCUT2D eigenvalue weighted by atomic mass is 32.2. The fourth-order valence-corrected chi connectivity index (χ4v) is 2.47. The molecule has 0 fully saturated rings. The van der Waals surface area contributed by atoms with Gasteiger partial charge in [-0.1, -0.05) is 0 Å². The molecule has 0 unspecified atom stereocenters. The number of aromatic hydroxyl groups is 1. The number of nitrogens with one attached hydrogen (secondary N) is 2. The van der Waals surface area contributed by atoms with Crippen molar-refractivity contribution in [2.75, 3.05) is 10.5 Å². The summed E-state index contributed by atoms with van der Waals surface area (Å²) in [6.07, 6.45) is 1.50. The van der Waals surface area contributed by atoms with Crippen molar-refractivity contribution in [1.29, 1.82) is 0 Å². The molecule has 2 rings (SSSR count). The van der Waals surface area contributed by atoms with Crippen LogP contribution < -0.4 is 10.5 Å². The molecule has 0 spiro atoms. The Balaban J connectivity index is 2.37. The maximum Gasteiger partial charge on any atom is 0.263 e. The van der Waals surface area contributed by atoms with Crippen LogP contribution in [0.15, 0.2) is 29.3 Å². The molecule has 7 nitrogen and oxygen atoms in total. The molecule has 0 radical (unpaired) electrons. The first-order chi connectivity index (χ1) is 8.40. The van der Waals surface area contributed by atoms with E-state index in [1.54, 1.807) is 6.92 Å².